The molecule has 2 aromatic rings. The Morgan fingerprint density at radius 1 is 1.17 bits per heavy atom. The first-order valence-corrected chi connectivity index (χ1v) is 6.64. The number of benzene rings is 1. The topological polar surface area (TPSA) is 28.2 Å². The lowest BCUT2D eigenvalue weighted by atomic mass is 10.1. The molecule has 1 aromatic carbocycles. The molecule has 0 atom stereocenters. The van der Waals surface area contributed by atoms with Crippen LogP contribution in [0.1, 0.15) is 0 Å². The third-order valence-corrected chi connectivity index (χ3v) is 3.72. The van der Waals surface area contributed by atoms with Crippen molar-refractivity contribution in [3.05, 3.63) is 34.9 Å². The maximum atomic E-state index is 4.45. The van der Waals surface area contributed by atoms with Gasteiger partial charge in [-0.2, -0.15) is 0 Å². The highest BCUT2D eigenvalue weighted by molar-refractivity contribution is 9.10. The summed E-state index contributed by atoms with van der Waals surface area (Å²) in [5.74, 6) is 0. The van der Waals surface area contributed by atoms with E-state index in [4.69, 9.17) is 0 Å². The Balaban J connectivity index is 0.00000120. The molecule has 0 radical (unpaired) electrons. The van der Waals surface area contributed by atoms with E-state index in [1.54, 1.807) is 0 Å². The van der Waals surface area contributed by atoms with Gasteiger partial charge in [-0.1, -0.05) is 18.2 Å². The number of fused-ring (bicyclic) bond motifs is 1. The summed E-state index contributed by atoms with van der Waals surface area (Å²) < 4.78 is 1.08. The van der Waals surface area contributed by atoms with E-state index in [9.17, 15) is 0 Å². The molecule has 1 N–H and O–H groups in total. The van der Waals surface area contributed by atoms with E-state index in [0.29, 0.717) is 0 Å². The van der Waals surface area contributed by atoms with Gasteiger partial charge in [-0.3, -0.25) is 4.98 Å². The van der Waals surface area contributed by atoms with Crippen LogP contribution in [0.4, 0.5) is 5.69 Å². The first-order chi connectivity index (χ1) is 8.36. The minimum absolute atomic E-state index is 0. The molecule has 96 valence electrons. The summed E-state index contributed by atoms with van der Waals surface area (Å²) in [5, 5.41) is 4.61. The summed E-state index contributed by atoms with van der Waals surface area (Å²) in [4.78, 5) is 6.87. The number of halogens is 2. The Morgan fingerprint density at radius 2 is 1.89 bits per heavy atom. The molecular weight excluding hydrogens is 314 g/mol. The van der Waals surface area contributed by atoms with Gasteiger partial charge in [0.15, 0.2) is 0 Å². The van der Waals surface area contributed by atoms with Gasteiger partial charge in [0, 0.05) is 37.8 Å². The third-order valence-electron chi connectivity index (χ3n) is 3.14. The predicted octanol–water partition coefficient (Wildman–Crippen LogP) is 2.83. The Hall–Kier alpha value is -0.840. The van der Waals surface area contributed by atoms with Crippen molar-refractivity contribution in [3.8, 4) is 0 Å². The number of para-hydroxylation sites is 1. The number of anilines is 1. The zero-order valence-corrected chi connectivity index (χ0v) is 12.3. The smallest absolute Gasteiger partial charge is 0.0723 e. The van der Waals surface area contributed by atoms with Gasteiger partial charge in [-0.25, -0.2) is 0 Å². The molecule has 0 bridgehead atoms. The number of hydrogen-bond donors (Lipinski definition) is 1. The van der Waals surface area contributed by atoms with Crippen LogP contribution in [0, 0.1) is 0 Å². The molecule has 1 saturated heterocycles. The van der Waals surface area contributed by atoms with Crippen molar-refractivity contribution in [1.82, 2.24) is 10.3 Å². The molecule has 1 fully saturated rings. The first kappa shape index (κ1) is 13.6. The van der Waals surface area contributed by atoms with Crippen LogP contribution in [0.15, 0.2) is 34.9 Å². The molecule has 3 nitrogen and oxygen atoms in total. The normalized spacial score (nSPS) is 15.5. The van der Waals surface area contributed by atoms with E-state index < -0.39 is 0 Å². The lowest BCUT2D eigenvalue weighted by Gasteiger charge is -2.31. The molecular formula is C13H15BrClN3. The van der Waals surface area contributed by atoms with E-state index in [0.717, 1.165) is 36.2 Å². The van der Waals surface area contributed by atoms with Crippen molar-refractivity contribution in [2.24, 2.45) is 0 Å². The van der Waals surface area contributed by atoms with Crippen molar-refractivity contribution in [2.75, 3.05) is 31.1 Å². The quantitative estimate of drug-likeness (QED) is 0.872. The number of hydrogen-bond acceptors (Lipinski definition) is 3. The van der Waals surface area contributed by atoms with Gasteiger partial charge in [-0.05, 0) is 22.0 Å². The zero-order chi connectivity index (χ0) is 11.7. The van der Waals surface area contributed by atoms with Crippen LogP contribution in [0.25, 0.3) is 10.9 Å². The summed E-state index contributed by atoms with van der Waals surface area (Å²) in [6.07, 6.45) is 1.90. The second-order valence-corrected chi connectivity index (χ2v) is 5.06. The van der Waals surface area contributed by atoms with Crippen LogP contribution < -0.4 is 10.2 Å². The average molecular weight is 329 g/mol. The summed E-state index contributed by atoms with van der Waals surface area (Å²) >= 11 is 3.63. The van der Waals surface area contributed by atoms with Gasteiger partial charge in [0.1, 0.15) is 0 Å². The van der Waals surface area contributed by atoms with Crippen molar-refractivity contribution >= 4 is 44.9 Å². The van der Waals surface area contributed by atoms with Gasteiger partial charge in [0.2, 0.25) is 0 Å². The first-order valence-electron chi connectivity index (χ1n) is 5.85. The maximum Gasteiger partial charge on any atom is 0.0723 e. The van der Waals surface area contributed by atoms with E-state index >= 15 is 0 Å². The van der Waals surface area contributed by atoms with Gasteiger partial charge < -0.3 is 10.2 Å². The van der Waals surface area contributed by atoms with Gasteiger partial charge in [0.25, 0.3) is 0 Å². The van der Waals surface area contributed by atoms with Crippen molar-refractivity contribution < 1.29 is 0 Å². The summed E-state index contributed by atoms with van der Waals surface area (Å²) in [5.41, 5.74) is 2.33. The molecule has 3 rings (SSSR count). The van der Waals surface area contributed by atoms with Crippen LogP contribution in [-0.4, -0.2) is 31.2 Å². The van der Waals surface area contributed by atoms with Gasteiger partial charge in [0.05, 0.1) is 15.7 Å². The molecule has 0 amide bonds. The number of aromatic nitrogens is 1. The monoisotopic (exact) mass is 327 g/mol. The molecule has 18 heavy (non-hydrogen) atoms. The molecule has 1 aliphatic rings. The van der Waals surface area contributed by atoms with Crippen molar-refractivity contribution in [3.63, 3.8) is 0 Å². The van der Waals surface area contributed by atoms with Crippen molar-refractivity contribution in [1.29, 1.82) is 0 Å². The highest BCUT2D eigenvalue weighted by Gasteiger charge is 2.16. The highest BCUT2D eigenvalue weighted by atomic mass is 79.9. The fraction of sp³-hybridized carbons (Fsp3) is 0.308. The number of rotatable bonds is 1. The number of nitrogens with one attached hydrogen (secondary N) is 1. The Bertz CT molecular complexity index is 541. The summed E-state index contributed by atoms with van der Waals surface area (Å²) in [6.45, 7) is 4.19. The second-order valence-electron chi connectivity index (χ2n) is 4.21. The predicted molar refractivity (Wildman–Crippen MR) is 81.8 cm³/mol. The summed E-state index contributed by atoms with van der Waals surface area (Å²) in [6, 6.07) is 8.31. The zero-order valence-electron chi connectivity index (χ0n) is 9.90. The van der Waals surface area contributed by atoms with Gasteiger partial charge >= 0.3 is 0 Å². The molecule has 0 unspecified atom stereocenters. The highest BCUT2D eigenvalue weighted by Crippen LogP contribution is 2.33. The molecule has 0 aliphatic carbocycles. The van der Waals surface area contributed by atoms with E-state index in [2.05, 4.69) is 49.3 Å². The largest absolute Gasteiger partial charge is 0.367 e. The molecule has 0 spiro atoms. The van der Waals surface area contributed by atoms with Crippen LogP contribution in [0.5, 0.6) is 0 Å². The van der Waals surface area contributed by atoms with Crippen LogP contribution in [0.3, 0.4) is 0 Å². The molecule has 0 saturated carbocycles. The fourth-order valence-corrected chi connectivity index (χ4v) is 2.88. The Labute approximate surface area is 121 Å². The number of pyridine rings is 1. The SMILES string of the molecule is Brc1cnc2ccccc2c1N1CCNCC1.Cl. The van der Waals surface area contributed by atoms with E-state index in [-0.39, 0.29) is 12.4 Å². The Morgan fingerprint density at radius 3 is 2.67 bits per heavy atom. The lowest BCUT2D eigenvalue weighted by molar-refractivity contribution is 0.589. The molecule has 1 aliphatic heterocycles. The fourth-order valence-electron chi connectivity index (χ4n) is 2.31. The Kier molecular flexibility index (Phi) is 4.43. The van der Waals surface area contributed by atoms with Crippen LogP contribution in [-0.2, 0) is 0 Å². The molecule has 5 heteroatoms. The molecule has 2 heterocycles. The number of nitrogens with zero attached hydrogens (tertiary/aromatic N) is 2. The standard InChI is InChI=1S/C13H14BrN3.ClH/c14-11-9-16-12-4-2-1-3-10(12)13(11)17-7-5-15-6-8-17;/h1-4,9,15H,5-8H2;1H. The van der Waals surface area contributed by atoms with Gasteiger partial charge in [-0.15, -0.1) is 12.4 Å². The minimum atomic E-state index is 0. The number of piperazine rings is 1. The average Bonchev–Trinajstić information content (AvgIpc) is 2.39. The minimum Gasteiger partial charge on any atom is -0.367 e. The third kappa shape index (κ3) is 2.46. The molecule has 1 aromatic heterocycles. The van der Waals surface area contributed by atoms with Crippen molar-refractivity contribution in [2.45, 2.75) is 0 Å². The lowest BCUT2D eigenvalue weighted by Crippen LogP contribution is -2.43. The van der Waals surface area contributed by atoms with E-state index in [1.807, 2.05) is 12.3 Å². The second kappa shape index (κ2) is 5.87. The van der Waals surface area contributed by atoms with E-state index in [1.165, 1.54) is 11.1 Å². The summed E-state index contributed by atoms with van der Waals surface area (Å²) in [7, 11) is 0. The maximum absolute atomic E-state index is 4.45. The van der Waals surface area contributed by atoms with Crippen LogP contribution >= 0.6 is 28.3 Å². The van der Waals surface area contributed by atoms with Crippen LogP contribution in [0.2, 0.25) is 0 Å².